The van der Waals surface area contributed by atoms with Gasteiger partial charge < -0.3 is 4.74 Å². The number of sulfonamides is 1. The molecular weight excluding hydrogens is 374 g/mol. The molecule has 0 amide bonds. The Bertz CT molecular complexity index is 1090. The van der Waals surface area contributed by atoms with Gasteiger partial charge in [-0.2, -0.15) is 4.31 Å². The van der Waals surface area contributed by atoms with E-state index < -0.39 is 10.0 Å². The molecule has 0 spiro atoms. The Morgan fingerprint density at radius 2 is 1.75 bits per heavy atom. The summed E-state index contributed by atoms with van der Waals surface area (Å²) in [6.07, 6.45) is 2.30. The SMILES string of the molecule is COc1ccc(-c2ncc3c(n2)CCN(S(=O)(=O)c2ccc(C)cc2)C3)cc1. The lowest BCUT2D eigenvalue weighted by Crippen LogP contribution is -2.36. The molecule has 2 aromatic carbocycles. The molecule has 1 aliphatic heterocycles. The second-order valence-electron chi connectivity index (χ2n) is 6.80. The highest BCUT2D eigenvalue weighted by Gasteiger charge is 2.29. The van der Waals surface area contributed by atoms with Crippen molar-refractivity contribution in [3.63, 3.8) is 0 Å². The summed E-state index contributed by atoms with van der Waals surface area (Å²) in [7, 11) is -1.90. The van der Waals surface area contributed by atoms with E-state index in [2.05, 4.69) is 9.97 Å². The molecule has 0 saturated heterocycles. The van der Waals surface area contributed by atoms with Gasteiger partial charge in [0.2, 0.25) is 10.0 Å². The summed E-state index contributed by atoms with van der Waals surface area (Å²) in [5.74, 6) is 1.41. The van der Waals surface area contributed by atoms with Crippen molar-refractivity contribution < 1.29 is 13.2 Å². The Kier molecular flexibility index (Phi) is 4.87. The molecule has 0 saturated carbocycles. The quantitative estimate of drug-likeness (QED) is 0.678. The Morgan fingerprint density at radius 3 is 2.43 bits per heavy atom. The van der Waals surface area contributed by atoms with E-state index in [0.717, 1.165) is 28.1 Å². The fourth-order valence-electron chi connectivity index (χ4n) is 3.23. The first kappa shape index (κ1) is 18.6. The van der Waals surface area contributed by atoms with E-state index in [-0.39, 0.29) is 6.54 Å². The highest BCUT2D eigenvalue weighted by Crippen LogP contribution is 2.26. The molecule has 0 aliphatic carbocycles. The van der Waals surface area contributed by atoms with Crippen LogP contribution in [0, 0.1) is 6.92 Å². The highest BCUT2D eigenvalue weighted by atomic mass is 32.2. The summed E-state index contributed by atoms with van der Waals surface area (Å²) in [6.45, 7) is 2.63. The first-order valence-corrected chi connectivity index (χ1v) is 10.5. The van der Waals surface area contributed by atoms with Crippen molar-refractivity contribution >= 4 is 10.0 Å². The van der Waals surface area contributed by atoms with Gasteiger partial charge in [0, 0.05) is 36.8 Å². The first-order chi connectivity index (χ1) is 13.5. The third kappa shape index (κ3) is 3.50. The van der Waals surface area contributed by atoms with E-state index in [1.807, 2.05) is 43.3 Å². The summed E-state index contributed by atoms with van der Waals surface area (Å²) >= 11 is 0. The molecule has 0 radical (unpaired) electrons. The second kappa shape index (κ2) is 7.33. The third-order valence-corrected chi connectivity index (χ3v) is 6.77. The number of fused-ring (bicyclic) bond motifs is 1. The molecule has 1 aromatic heterocycles. The number of aromatic nitrogens is 2. The minimum absolute atomic E-state index is 0.286. The van der Waals surface area contributed by atoms with E-state index in [1.54, 1.807) is 25.4 Å². The summed E-state index contributed by atoms with van der Waals surface area (Å²) in [4.78, 5) is 9.43. The standard InChI is InChI=1S/C21H21N3O3S/c1-15-3-9-19(10-4-15)28(25,26)24-12-11-20-17(14-24)13-22-21(23-20)16-5-7-18(27-2)8-6-16/h3-10,13H,11-12,14H2,1-2H3. The van der Waals surface area contributed by atoms with Crippen LogP contribution in [0.5, 0.6) is 5.75 Å². The van der Waals surface area contributed by atoms with Crippen molar-refractivity contribution in [1.29, 1.82) is 0 Å². The van der Waals surface area contributed by atoms with Crippen LogP contribution in [-0.2, 0) is 23.0 Å². The Balaban J connectivity index is 1.58. The summed E-state index contributed by atoms with van der Waals surface area (Å²) in [5, 5.41) is 0. The van der Waals surface area contributed by atoms with Crippen molar-refractivity contribution in [3.8, 4) is 17.1 Å². The molecule has 0 N–H and O–H groups in total. The normalized spacial score (nSPS) is 14.5. The third-order valence-electron chi connectivity index (χ3n) is 4.91. The van der Waals surface area contributed by atoms with Crippen LogP contribution in [0.2, 0.25) is 0 Å². The number of methoxy groups -OCH3 is 1. The van der Waals surface area contributed by atoms with Gasteiger partial charge >= 0.3 is 0 Å². The first-order valence-electron chi connectivity index (χ1n) is 9.03. The van der Waals surface area contributed by atoms with Crippen molar-refractivity contribution in [3.05, 3.63) is 71.5 Å². The summed E-state index contributed by atoms with van der Waals surface area (Å²) < 4.78 is 32.5. The van der Waals surface area contributed by atoms with Crippen LogP contribution in [0.3, 0.4) is 0 Å². The van der Waals surface area contributed by atoms with Gasteiger partial charge in [0.1, 0.15) is 5.75 Å². The lowest BCUT2D eigenvalue weighted by molar-refractivity contribution is 0.387. The van der Waals surface area contributed by atoms with Gasteiger partial charge in [-0.3, -0.25) is 0 Å². The molecule has 3 aromatic rings. The molecule has 2 heterocycles. The van der Waals surface area contributed by atoms with Gasteiger partial charge in [0.15, 0.2) is 5.82 Å². The van der Waals surface area contributed by atoms with Gasteiger partial charge in [-0.25, -0.2) is 18.4 Å². The van der Waals surface area contributed by atoms with E-state index in [0.29, 0.717) is 23.7 Å². The average molecular weight is 395 g/mol. The van der Waals surface area contributed by atoms with E-state index in [9.17, 15) is 8.42 Å². The van der Waals surface area contributed by atoms with Gasteiger partial charge in [-0.15, -0.1) is 0 Å². The zero-order valence-corrected chi connectivity index (χ0v) is 16.6. The van der Waals surface area contributed by atoms with Crippen LogP contribution in [-0.4, -0.2) is 36.3 Å². The number of hydrogen-bond donors (Lipinski definition) is 0. The second-order valence-corrected chi connectivity index (χ2v) is 8.73. The Hall–Kier alpha value is -2.77. The van der Waals surface area contributed by atoms with Crippen LogP contribution < -0.4 is 4.74 Å². The zero-order chi connectivity index (χ0) is 19.7. The molecule has 4 rings (SSSR count). The van der Waals surface area contributed by atoms with Gasteiger partial charge in [-0.05, 0) is 43.3 Å². The van der Waals surface area contributed by atoms with Crippen molar-refractivity contribution in [1.82, 2.24) is 14.3 Å². The van der Waals surface area contributed by atoms with Gasteiger partial charge in [0.05, 0.1) is 17.7 Å². The van der Waals surface area contributed by atoms with Crippen molar-refractivity contribution in [2.24, 2.45) is 0 Å². The summed E-state index contributed by atoms with van der Waals surface area (Å²) in [5.41, 5.74) is 3.68. The smallest absolute Gasteiger partial charge is 0.243 e. The van der Waals surface area contributed by atoms with Crippen LogP contribution in [0.4, 0.5) is 0 Å². The molecular formula is C21H21N3O3S. The lowest BCUT2D eigenvalue weighted by Gasteiger charge is -2.27. The Labute approximate surface area is 164 Å². The highest BCUT2D eigenvalue weighted by molar-refractivity contribution is 7.89. The molecule has 1 aliphatic rings. The number of hydrogen-bond acceptors (Lipinski definition) is 5. The van der Waals surface area contributed by atoms with Crippen LogP contribution in [0.25, 0.3) is 11.4 Å². The lowest BCUT2D eigenvalue weighted by atomic mass is 10.1. The number of rotatable bonds is 4. The topological polar surface area (TPSA) is 72.4 Å². The van der Waals surface area contributed by atoms with Crippen molar-refractivity contribution in [2.45, 2.75) is 24.8 Å². The van der Waals surface area contributed by atoms with E-state index in [1.165, 1.54) is 4.31 Å². The number of aryl methyl sites for hydroxylation is 1. The number of nitrogens with zero attached hydrogens (tertiary/aromatic N) is 3. The fourth-order valence-corrected chi connectivity index (χ4v) is 4.65. The van der Waals surface area contributed by atoms with Gasteiger partial charge in [0.25, 0.3) is 0 Å². The number of benzene rings is 2. The Morgan fingerprint density at radius 1 is 1.04 bits per heavy atom. The molecule has 0 fully saturated rings. The minimum Gasteiger partial charge on any atom is -0.497 e. The molecule has 28 heavy (non-hydrogen) atoms. The van der Waals surface area contributed by atoms with E-state index in [4.69, 9.17) is 4.74 Å². The maximum atomic E-state index is 12.9. The van der Waals surface area contributed by atoms with Crippen LogP contribution in [0.1, 0.15) is 16.8 Å². The van der Waals surface area contributed by atoms with Gasteiger partial charge in [-0.1, -0.05) is 17.7 Å². The van der Waals surface area contributed by atoms with Crippen LogP contribution >= 0.6 is 0 Å². The number of ether oxygens (including phenoxy) is 1. The zero-order valence-electron chi connectivity index (χ0n) is 15.8. The predicted molar refractivity (Wildman–Crippen MR) is 106 cm³/mol. The monoisotopic (exact) mass is 395 g/mol. The molecule has 144 valence electrons. The van der Waals surface area contributed by atoms with Crippen LogP contribution in [0.15, 0.2) is 59.6 Å². The molecule has 0 bridgehead atoms. The molecule has 0 atom stereocenters. The largest absolute Gasteiger partial charge is 0.497 e. The van der Waals surface area contributed by atoms with Crippen molar-refractivity contribution in [2.75, 3.05) is 13.7 Å². The maximum absolute atomic E-state index is 12.9. The minimum atomic E-state index is -3.53. The van der Waals surface area contributed by atoms with E-state index >= 15 is 0 Å². The molecule has 0 unspecified atom stereocenters. The summed E-state index contributed by atoms with van der Waals surface area (Å²) in [6, 6.07) is 14.5. The average Bonchev–Trinajstić information content (AvgIpc) is 2.73. The fraction of sp³-hybridized carbons (Fsp3) is 0.238. The maximum Gasteiger partial charge on any atom is 0.243 e. The molecule has 7 heteroatoms. The molecule has 6 nitrogen and oxygen atoms in total. The predicted octanol–water partition coefficient (Wildman–Crippen LogP) is 3.21.